The largest absolute Gasteiger partial charge is 0.497 e. The second-order valence-electron chi connectivity index (χ2n) is 6.26. The predicted octanol–water partition coefficient (Wildman–Crippen LogP) is 4.31. The number of para-hydroxylation sites is 1. The maximum Gasteiger partial charge on any atom is 0.257 e. The zero-order chi connectivity index (χ0) is 19.1. The van der Waals surface area contributed by atoms with Crippen LogP contribution in [0.25, 0.3) is 0 Å². The van der Waals surface area contributed by atoms with Gasteiger partial charge in [0.15, 0.2) is 0 Å². The van der Waals surface area contributed by atoms with Gasteiger partial charge in [-0.1, -0.05) is 30.3 Å². The summed E-state index contributed by atoms with van der Waals surface area (Å²) in [5, 5.41) is 6.25. The molecule has 5 nitrogen and oxygen atoms in total. The summed E-state index contributed by atoms with van der Waals surface area (Å²) in [7, 11) is 1.66. The number of hydrogen-bond acceptors (Lipinski definition) is 4. The van der Waals surface area contributed by atoms with E-state index in [2.05, 4.69) is 21.7 Å². The average molecular weight is 361 g/mol. The van der Waals surface area contributed by atoms with Crippen LogP contribution in [0.5, 0.6) is 5.75 Å². The zero-order valence-electron chi connectivity index (χ0n) is 15.5. The Labute approximate surface area is 159 Å². The second kappa shape index (κ2) is 8.85. The number of nitrogens with one attached hydrogen (secondary N) is 2. The molecule has 1 aromatic heterocycles. The third-order valence-corrected chi connectivity index (χ3v) is 4.27. The molecule has 0 aliphatic rings. The van der Waals surface area contributed by atoms with Gasteiger partial charge in [-0.15, -0.1) is 0 Å². The van der Waals surface area contributed by atoms with E-state index in [1.165, 1.54) is 5.56 Å². The summed E-state index contributed by atoms with van der Waals surface area (Å²) in [5.41, 5.74) is 4.34. The Balaban J connectivity index is 1.59. The fraction of sp³-hybridized carbons (Fsp3) is 0.182. The average Bonchev–Trinajstić information content (AvgIpc) is 2.70. The lowest BCUT2D eigenvalue weighted by Crippen LogP contribution is -2.14. The van der Waals surface area contributed by atoms with Crippen LogP contribution in [-0.2, 0) is 6.42 Å². The van der Waals surface area contributed by atoms with Crippen molar-refractivity contribution in [3.8, 4) is 5.75 Å². The molecule has 1 heterocycles. The van der Waals surface area contributed by atoms with E-state index in [9.17, 15) is 4.79 Å². The van der Waals surface area contributed by atoms with Gasteiger partial charge in [-0.25, -0.2) is 0 Å². The monoisotopic (exact) mass is 361 g/mol. The lowest BCUT2D eigenvalue weighted by Gasteiger charge is -2.10. The molecule has 27 heavy (non-hydrogen) atoms. The minimum Gasteiger partial charge on any atom is -0.497 e. The third-order valence-electron chi connectivity index (χ3n) is 4.27. The lowest BCUT2D eigenvalue weighted by molar-refractivity contribution is 0.102. The number of rotatable bonds is 7. The molecule has 0 bridgehead atoms. The summed E-state index contributed by atoms with van der Waals surface area (Å²) in [6, 6.07) is 17.5. The molecule has 0 atom stereocenters. The van der Waals surface area contributed by atoms with Crippen molar-refractivity contribution in [1.82, 2.24) is 4.98 Å². The van der Waals surface area contributed by atoms with E-state index in [4.69, 9.17) is 4.74 Å². The number of hydrogen-bond donors (Lipinski definition) is 2. The van der Waals surface area contributed by atoms with E-state index in [1.807, 2.05) is 55.5 Å². The molecule has 0 spiro atoms. The van der Waals surface area contributed by atoms with Gasteiger partial charge < -0.3 is 15.4 Å². The number of nitrogens with zero attached hydrogens (tertiary/aromatic N) is 1. The van der Waals surface area contributed by atoms with Crippen molar-refractivity contribution < 1.29 is 9.53 Å². The van der Waals surface area contributed by atoms with Crippen molar-refractivity contribution in [2.75, 3.05) is 24.3 Å². The number of carbonyl (C=O) groups excluding carboxylic acids is 1. The first kappa shape index (κ1) is 18.5. The first-order valence-corrected chi connectivity index (χ1v) is 8.84. The highest BCUT2D eigenvalue weighted by Gasteiger charge is 2.09. The van der Waals surface area contributed by atoms with Gasteiger partial charge in [-0.2, -0.15) is 0 Å². The van der Waals surface area contributed by atoms with E-state index >= 15 is 0 Å². The maximum atomic E-state index is 12.5. The molecule has 1 amide bonds. The van der Waals surface area contributed by atoms with E-state index < -0.39 is 0 Å². The number of pyridine rings is 1. The minimum absolute atomic E-state index is 0.173. The molecular formula is C22H23N3O2. The third kappa shape index (κ3) is 5.07. The summed E-state index contributed by atoms with van der Waals surface area (Å²) in [4.78, 5) is 16.7. The molecule has 0 unspecified atom stereocenters. The number of benzene rings is 2. The number of aryl methyl sites for hydroxylation is 1. The van der Waals surface area contributed by atoms with Gasteiger partial charge in [0.05, 0.1) is 18.4 Å². The summed E-state index contributed by atoms with van der Waals surface area (Å²) < 4.78 is 5.24. The maximum absolute atomic E-state index is 12.5. The number of carbonyl (C=O) groups is 1. The molecule has 2 aromatic carbocycles. The van der Waals surface area contributed by atoms with Crippen LogP contribution < -0.4 is 15.4 Å². The fourth-order valence-electron chi connectivity index (χ4n) is 2.75. The molecule has 0 aliphatic carbocycles. The van der Waals surface area contributed by atoms with Gasteiger partial charge in [-0.3, -0.25) is 9.78 Å². The highest BCUT2D eigenvalue weighted by molar-refractivity contribution is 6.04. The first-order chi connectivity index (χ1) is 13.2. The lowest BCUT2D eigenvalue weighted by atomic mass is 10.1. The van der Waals surface area contributed by atoms with Crippen molar-refractivity contribution in [3.63, 3.8) is 0 Å². The fourth-order valence-corrected chi connectivity index (χ4v) is 2.75. The normalized spacial score (nSPS) is 10.3. The zero-order valence-corrected chi connectivity index (χ0v) is 15.5. The Hall–Kier alpha value is -3.34. The van der Waals surface area contributed by atoms with Gasteiger partial charge in [0.1, 0.15) is 5.75 Å². The molecule has 0 aliphatic heterocycles. The predicted molar refractivity (Wildman–Crippen MR) is 109 cm³/mol. The molecule has 138 valence electrons. The van der Waals surface area contributed by atoms with Crippen LogP contribution in [0.3, 0.4) is 0 Å². The van der Waals surface area contributed by atoms with Crippen LogP contribution >= 0.6 is 0 Å². The van der Waals surface area contributed by atoms with Crippen LogP contribution in [0.4, 0.5) is 11.4 Å². The molecule has 3 aromatic rings. The summed E-state index contributed by atoms with van der Waals surface area (Å²) in [5.74, 6) is 0.678. The van der Waals surface area contributed by atoms with Crippen molar-refractivity contribution in [1.29, 1.82) is 0 Å². The number of methoxy groups -OCH3 is 1. The Morgan fingerprint density at radius 3 is 2.74 bits per heavy atom. The van der Waals surface area contributed by atoms with Crippen molar-refractivity contribution in [2.24, 2.45) is 0 Å². The molecule has 0 saturated carbocycles. The van der Waals surface area contributed by atoms with Crippen LogP contribution in [0.15, 0.2) is 67.0 Å². The quantitative estimate of drug-likeness (QED) is 0.658. The van der Waals surface area contributed by atoms with Crippen LogP contribution in [0, 0.1) is 6.92 Å². The summed E-state index contributed by atoms with van der Waals surface area (Å²) >= 11 is 0. The molecule has 2 N–H and O–H groups in total. The van der Waals surface area contributed by atoms with E-state index in [1.54, 1.807) is 19.5 Å². The van der Waals surface area contributed by atoms with Gasteiger partial charge in [0.25, 0.3) is 5.91 Å². The topological polar surface area (TPSA) is 63.2 Å². The van der Waals surface area contributed by atoms with E-state index in [0.717, 1.165) is 35.7 Å². The molecule has 5 heteroatoms. The summed E-state index contributed by atoms with van der Waals surface area (Å²) in [6.45, 7) is 2.70. The summed E-state index contributed by atoms with van der Waals surface area (Å²) in [6.07, 6.45) is 4.13. The molecule has 0 fully saturated rings. The van der Waals surface area contributed by atoms with Crippen LogP contribution in [0.1, 0.15) is 21.5 Å². The number of anilines is 2. The van der Waals surface area contributed by atoms with Crippen molar-refractivity contribution >= 4 is 17.3 Å². The number of ether oxygens (including phenoxy) is 1. The number of amides is 1. The Kier molecular flexibility index (Phi) is 6.05. The molecular weight excluding hydrogens is 338 g/mol. The molecule has 3 rings (SSSR count). The smallest absolute Gasteiger partial charge is 0.257 e. The highest BCUT2D eigenvalue weighted by atomic mass is 16.5. The molecule has 0 saturated heterocycles. The van der Waals surface area contributed by atoms with Crippen molar-refractivity contribution in [2.45, 2.75) is 13.3 Å². The Morgan fingerprint density at radius 1 is 1.07 bits per heavy atom. The van der Waals surface area contributed by atoms with E-state index in [-0.39, 0.29) is 5.91 Å². The number of aromatic nitrogens is 1. The van der Waals surface area contributed by atoms with E-state index in [0.29, 0.717) is 5.56 Å². The Morgan fingerprint density at radius 2 is 1.93 bits per heavy atom. The van der Waals surface area contributed by atoms with Gasteiger partial charge in [0, 0.05) is 24.6 Å². The van der Waals surface area contributed by atoms with Crippen LogP contribution in [-0.4, -0.2) is 24.5 Å². The second-order valence-corrected chi connectivity index (χ2v) is 6.26. The van der Waals surface area contributed by atoms with Crippen LogP contribution in [0.2, 0.25) is 0 Å². The standard InChI is InChI=1S/C22H23N3O2/c1-16-6-3-4-9-21(16)25-22(26)18-13-19(15-23-14-18)24-11-10-17-7-5-8-20(12-17)27-2/h3-9,12-15,24H,10-11H2,1-2H3,(H,25,26). The Bertz CT molecular complexity index is 925. The van der Waals surface area contributed by atoms with Crippen molar-refractivity contribution in [3.05, 3.63) is 83.7 Å². The minimum atomic E-state index is -0.173. The first-order valence-electron chi connectivity index (χ1n) is 8.84. The SMILES string of the molecule is COc1cccc(CCNc2cncc(C(=O)Nc3ccccc3C)c2)c1. The van der Waals surface area contributed by atoms with Gasteiger partial charge in [-0.05, 0) is 48.7 Å². The van der Waals surface area contributed by atoms with Gasteiger partial charge >= 0.3 is 0 Å². The highest BCUT2D eigenvalue weighted by Crippen LogP contribution is 2.16. The van der Waals surface area contributed by atoms with Gasteiger partial charge in [0.2, 0.25) is 0 Å². The molecule has 0 radical (unpaired) electrons.